The molecule has 2 amide bonds. The number of ether oxygens (including phenoxy) is 1. The van der Waals surface area contributed by atoms with Crippen molar-refractivity contribution in [1.29, 1.82) is 0 Å². The van der Waals surface area contributed by atoms with Gasteiger partial charge in [0.05, 0.1) is 31.0 Å². The third-order valence-electron chi connectivity index (χ3n) is 2.83. The Bertz CT molecular complexity index is 577. The summed E-state index contributed by atoms with van der Waals surface area (Å²) in [6, 6.07) is 1.69. The number of H-pyrrole nitrogens is 1. The Balaban J connectivity index is 2.43. The van der Waals surface area contributed by atoms with Gasteiger partial charge in [-0.25, -0.2) is 9.78 Å². The number of rotatable bonds is 3. The van der Waals surface area contributed by atoms with Crippen LogP contribution in [0.25, 0.3) is 11.0 Å². The van der Waals surface area contributed by atoms with Crippen LogP contribution in [0.4, 0.5) is 4.79 Å². The third kappa shape index (κ3) is 2.09. The summed E-state index contributed by atoms with van der Waals surface area (Å²) in [5, 5.41) is 5.26. The topological polar surface area (TPSA) is 79.0 Å². The van der Waals surface area contributed by atoms with Gasteiger partial charge in [0.25, 0.3) is 0 Å². The lowest BCUT2D eigenvalue weighted by atomic mass is 10.1. The number of carbonyl (C=O) groups excluding carboxylic acids is 1. The highest BCUT2D eigenvalue weighted by atomic mass is 16.5. The zero-order chi connectivity index (χ0) is 13.1. The van der Waals surface area contributed by atoms with Gasteiger partial charge in [-0.05, 0) is 18.6 Å². The standard InChI is InChI=1S/C12H16N4O2/c1-7-4-9(18-3)8(5-14-12(17)13-2)11-10(7)15-6-16-11/h4,6H,5H2,1-3H3,(H,15,16)(H2,13,14,17). The first-order chi connectivity index (χ1) is 8.67. The summed E-state index contributed by atoms with van der Waals surface area (Å²) in [5.74, 6) is 0.737. The van der Waals surface area contributed by atoms with E-state index in [1.165, 1.54) is 0 Å². The van der Waals surface area contributed by atoms with Crippen LogP contribution in [-0.4, -0.2) is 30.2 Å². The minimum Gasteiger partial charge on any atom is -0.496 e. The van der Waals surface area contributed by atoms with E-state index in [1.807, 2.05) is 13.0 Å². The van der Waals surface area contributed by atoms with E-state index >= 15 is 0 Å². The van der Waals surface area contributed by atoms with Gasteiger partial charge in [-0.2, -0.15) is 0 Å². The highest BCUT2D eigenvalue weighted by Crippen LogP contribution is 2.28. The van der Waals surface area contributed by atoms with Crippen molar-refractivity contribution in [3.05, 3.63) is 23.5 Å². The van der Waals surface area contributed by atoms with Gasteiger partial charge in [0.2, 0.25) is 0 Å². The Morgan fingerprint density at radius 3 is 3.00 bits per heavy atom. The van der Waals surface area contributed by atoms with Crippen LogP contribution in [0.5, 0.6) is 5.75 Å². The molecule has 0 aliphatic rings. The van der Waals surface area contributed by atoms with Crippen molar-refractivity contribution in [2.75, 3.05) is 14.2 Å². The fraction of sp³-hybridized carbons (Fsp3) is 0.333. The van der Waals surface area contributed by atoms with Crippen LogP contribution in [0, 0.1) is 6.92 Å². The number of methoxy groups -OCH3 is 1. The number of nitrogens with one attached hydrogen (secondary N) is 3. The Morgan fingerprint density at radius 2 is 2.33 bits per heavy atom. The average Bonchev–Trinajstić information content (AvgIpc) is 2.86. The van der Waals surface area contributed by atoms with Crippen LogP contribution >= 0.6 is 0 Å². The number of benzene rings is 1. The number of nitrogens with zero attached hydrogens (tertiary/aromatic N) is 1. The summed E-state index contributed by atoms with van der Waals surface area (Å²) < 4.78 is 5.35. The van der Waals surface area contributed by atoms with Crippen molar-refractivity contribution >= 4 is 17.1 Å². The van der Waals surface area contributed by atoms with Crippen molar-refractivity contribution in [1.82, 2.24) is 20.6 Å². The molecule has 1 aromatic carbocycles. The average molecular weight is 248 g/mol. The molecular weight excluding hydrogens is 232 g/mol. The Hall–Kier alpha value is -2.24. The maximum absolute atomic E-state index is 11.2. The molecule has 18 heavy (non-hydrogen) atoms. The first kappa shape index (κ1) is 12.2. The number of imidazole rings is 1. The molecular formula is C12H16N4O2. The molecule has 6 heteroatoms. The fourth-order valence-electron chi connectivity index (χ4n) is 1.91. The van der Waals surface area contributed by atoms with Gasteiger partial charge >= 0.3 is 6.03 Å². The lowest BCUT2D eigenvalue weighted by Crippen LogP contribution is -2.32. The molecule has 2 aromatic rings. The molecule has 1 heterocycles. The molecule has 96 valence electrons. The molecule has 0 aliphatic heterocycles. The van der Waals surface area contributed by atoms with Gasteiger partial charge in [-0.3, -0.25) is 0 Å². The predicted molar refractivity (Wildman–Crippen MR) is 68.7 cm³/mol. The highest BCUT2D eigenvalue weighted by molar-refractivity contribution is 5.84. The third-order valence-corrected chi connectivity index (χ3v) is 2.83. The van der Waals surface area contributed by atoms with Crippen LogP contribution in [0.1, 0.15) is 11.1 Å². The minimum atomic E-state index is -0.231. The van der Waals surface area contributed by atoms with E-state index in [4.69, 9.17) is 4.74 Å². The number of aryl methyl sites for hydroxylation is 1. The maximum Gasteiger partial charge on any atom is 0.314 e. The molecule has 0 spiro atoms. The van der Waals surface area contributed by atoms with E-state index in [0.717, 1.165) is 27.9 Å². The summed E-state index contributed by atoms with van der Waals surface area (Å²) in [6.07, 6.45) is 1.64. The van der Waals surface area contributed by atoms with Gasteiger partial charge in [0.15, 0.2) is 0 Å². The van der Waals surface area contributed by atoms with E-state index in [1.54, 1.807) is 20.5 Å². The second-order valence-corrected chi connectivity index (χ2v) is 3.93. The van der Waals surface area contributed by atoms with Crippen molar-refractivity contribution < 1.29 is 9.53 Å². The molecule has 0 aliphatic carbocycles. The van der Waals surface area contributed by atoms with Crippen molar-refractivity contribution in [3.63, 3.8) is 0 Å². The lowest BCUT2D eigenvalue weighted by molar-refractivity contribution is 0.242. The molecule has 0 bridgehead atoms. The maximum atomic E-state index is 11.2. The van der Waals surface area contributed by atoms with E-state index in [2.05, 4.69) is 20.6 Å². The van der Waals surface area contributed by atoms with E-state index in [0.29, 0.717) is 6.54 Å². The molecule has 0 unspecified atom stereocenters. The predicted octanol–water partition coefficient (Wildman–Crippen LogP) is 1.31. The van der Waals surface area contributed by atoms with Gasteiger partial charge < -0.3 is 20.4 Å². The van der Waals surface area contributed by atoms with Gasteiger partial charge in [0.1, 0.15) is 5.75 Å². The van der Waals surface area contributed by atoms with Crippen molar-refractivity contribution in [3.8, 4) is 5.75 Å². The summed E-state index contributed by atoms with van der Waals surface area (Å²) in [5.41, 5.74) is 3.71. The van der Waals surface area contributed by atoms with Crippen molar-refractivity contribution in [2.24, 2.45) is 0 Å². The second-order valence-electron chi connectivity index (χ2n) is 3.93. The van der Waals surface area contributed by atoms with Crippen LogP contribution in [0.3, 0.4) is 0 Å². The summed E-state index contributed by atoms with van der Waals surface area (Å²) >= 11 is 0. The first-order valence-corrected chi connectivity index (χ1v) is 5.62. The van der Waals surface area contributed by atoms with Gasteiger partial charge in [0, 0.05) is 12.6 Å². The van der Waals surface area contributed by atoms with Crippen LogP contribution < -0.4 is 15.4 Å². The normalized spacial score (nSPS) is 10.4. The smallest absolute Gasteiger partial charge is 0.314 e. The lowest BCUT2D eigenvalue weighted by Gasteiger charge is -2.12. The zero-order valence-corrected chi connectivity index (χ0v) is 10.6. The molecule has 0 saturated heterocycles. The van der Waals surface area contributed by atoms with Crippen molar-refractivity contribution in [2.45, 2.75) is 13.5 Å². The summed E-state index contributed by atoms with van der Waals surface area (Å²) in [6.45, 7) is 2.35. The summed E-state index contributed by atoms with van der Waals surface area (Å²) in [4.78, 5) is 18.6. The quantitative estimate of drug-likeness (QED) is 0.766. The Kier molecular flexibility index (Phi) is 3.36. The molecule has 2 rings (SSSR count). The minimum absolute atomic E-state index is 0.231. The molecule has 6 nitrogen and oxygen atoms in total. The van der Waals surface area contributed by atoms with Crippen LogP contribution in [-0.2, 0) is 6.54 Å². The monoisotopic (exact) mass is 248 g/mol. The Labute approximate surface area is 105 Å². The van der Waals surface area contributed by atoms with Crippen LogP contribution in [0.15, 0.2) is 12.4 Å². The number of urea groups is 1. The summed E-state index contributed by atoms with van der Waals surface area (Å²) in [7, 11) is 3.19. The number of carbonyl (C=O) groups is 1. The van der Waals surface area contributed by atoms with E-state index in [9.17, 15) is 4.79 Å². The molecule has 0 radical (unpaired) electrons. The highest BCUT2D eigenvalue weighted by Gasteiger charge is 2.13. The molecule has 0 atom stereocenters. The van der Waals surface area contributed by atoms with E-state index < -0.39 is 0 Å². The number of hydrogen-bond donors (Lipinski definition) is 3. The van der Waals surface area contributed by atoms with Gasteiger partial charge in [-0.15, -0.1) is 0 Å². The molecule has 1 aromatic heterocycles. The second kappa shape index (κ2) is 4.95. The fourth-order valence-corrected chi connectivity index (χ4v) is 1.91. The number of fused-ring (bicyclic) bond motifs is 1. The Morgan fingerprint density at radius 1 is 1.56 bits per heavy atom. The SMILES string of the molecule is CNC(=O)NCc1c(OC)cc(C)c2nc[nH]c12. The van der Waals surface area contributed by atoms with E-state index in [-0.39, 0.29) is 6.03 Å². The molecule has 0 saturated carbocycles. The van der Waals surface area contributed by atoms with Crippen LogP contribution in [0.2, 0.25) is 0 Å². The number of aromatic nitrogens is 2. The first-order valence-electron chi connectivity index (χ1n) is 5.62. The zero-order valence-electron chi connectivity index (χ0n) is 10.6. The number of amides is 2. The number of hydrogen-bond acceptors (Lipinski definition) is 3. The van der Waals surface area contributed by atoms with Gasteiger partial charge in [-0.1, -0.05) is 0 Å². The number of aromatic amines is 1. The molecule has 0 fully saturated rings. The molecule has 3 N–H and O–H groups in total. The largest absolute Gasteiger partial charge is 0.496 e.